The minimum Gasteiger partial charge on any atom is -0.494 e. The van der Waals surface area contributed by atoms with Crippen molar-refractivity contribution in [2.45, 2.75) is 26.4 Å². The first-order valence-electron chi connectivity index (χ1n) is 7.47. The van der Waals surface area contributed by atoms with Crippen LogP contribution in [0, 0.1) is 6.92 Å². The van der Waals surface area contributed by atoms with Crippen molar-refractivity contribution in [3.8, 4) is 5.75 Å². The van der Waals surface area contributed by atoms with Gasteiger partial charge < -0.3 is 24.9 Å². The fourth-order valence-electron chi connectivity index (χ4n) is 2.09. The van der Waals surface area contributed by atoms with Crippen molar-refractivity contribution < 1.29 is 19.1 Å². The maximum absolute atomic E-state index is 12.0. The molecule has 2 aromatic rings. The Kier molecular flexibility index (Phi) is 5.28. The molecule has 2 amide bonds. The maximum Gasteiger partial charge on any atom is 0.319 e. The molecule has 0 unspecified atom stereocenters. The number of ether oxygens (including phenoxy) is 1. The van der Waals surface area contributed by atoms with E-state index in [1.165, 1.54) is 6.26 Å². The second-order valence-corrected chi connectivity index (χ2v) is 5.47. The number of nitrogens with one attached hydrogen (secondary N) is 2. The summed E-state index contributed by atoms with van der Waals surface area (Å²) in [6.45, 7) is 6.00. The lowest BCUT2D eigenvalue weighted by molar-refractivity contribution is 0.0372. The van der Waals surface area contributed by atoms with E-state index < -0.39 is 11.6 Å². The Morgan fingerprint density at radius 3 is 2.83 bits per heavy atom. The molecule has 3 N–H and O–H groups in total. The van der Waals surface area contributed by atoms with Crippen LogP contribution in [0.15, 0.2) is 41.0 Å². The Bertz CT molecular complexity index is 651. The van der Waals surface area contributed by atoms with E-state index in [0.717, 1.165) is 11.3 Å². The number of aliphatic hydroxyl groups is 1. The number of hydrogen-bond donors (Lipinski definition) is 3. The second-order valence-electron chi connectivity index (χ2n) is 5.47. The number of benzene rings is 1. The number of anilines is 1. The molecule has 124 valence electrons. The predicted octanol–water partition coefficient (Wildman–Crippen LogP) is 3.02. The highest BCUT2D eigenvalue weighted by Crippen LogP contribution is 2.23. The number of rotatable bonds is 6. The standard InChI is InChI=1S/C17H22N2O4/c1-4-22-14-10-13(8-7-12(14)2)19-16(20)18-11-17(3,21)15-6-5-9-23-15/h5-10,21H,4,11H2,1-3H3,(H2,18,19,20)/t17-/m0/s1. The summed E-state index contributed by atoms with van der Waals surface area (Å²) < 4.78 is 10.7. The van der Waals surface area contributed by atoms with Gasteiger partial charge in [0.15, 0.2) is 0 Å². The number of carbonyl (C=O) groups excluding carboxylic acids is 1. The topological polar surface area (TPSA) is 83.7 Å². The first-order chi connectivity index (χ1) is 10.9. The molecule has 1 aromatic heterocycles. The van der Waals surface area contributed by atoms with Crippen molar-refractivity contribution in [2.75, 3.05) is 18.5 Å². The lowest BCUT2D eigenvalue weighted by atomic mass is 10.0. The molecule has 23 heavy (non-hydrogen) atoms. The van der Waals surface area contributed by atoms with E-state index >= 15 is 0 Å². The van der Waals surface area contributed by atoms with Crippen LogP contribution < -0.4 is 15.4 Å². The first kappa shape index (κ1) is 16.9. The van der Waals surface area contributed by atoms with E-state index in [1.54, 1.807) is 31.2 Å². The number of aryl methyl sites for hydroxylation is 1. The summed E-state index contributed by atoms with van der Waals surface area (Å²) in [7, 11) is 0. The normalized spacial score (nSPS) is 13.2. The lowest BCUT2D eigenvalue weighted by Gasteiger charge is -2.21. The zero-order valence-electron chi connectivity index (χ0n) is 13.6. The van der Waals surface area contributed by atoms with Crippen LogP contribution in [0.25, 0.3) is 0 Å². The third kappa shape index (κ3) is 4.50. The van der Waals surface area contributed by atoms with Gasteiger partial charge >= 0.3 is 6.03 Å². The summed E-state index contributed by atoms with van der Waals surface area (Å²) in [6, 6.07) is 8.37. The quantitative estimate of drug-likeness (QED) is 0.764. The molecule has 1 atom stereocenters. The van der Waals surface area contributed by atoms with Crippen molar-refractivity contribution in [3.63, 3.8) is 0 Å². The molecule has 0 fully saturated rings. The van der Waals surface area contributed by atoms with Gasteiger partial charge in [0, 0.05) is 11.8 Å². The van der Waals surface area contributed by atoms with E-state index in [-0.39, 0.29) is 6.54 Å². The molecule has 0 radical (unpaired) electrons. The Balaban J connectivity index is 1.93. The Hall–Kier alpha value is -2.47. The summed E-state index contributed by atoms with van der Waals surface area (Å²) in [4.78, 5) is 12.0. The molecule has 6 heteroatoms. The Morgan fingerprint density at radius 1 is 1.39 bits per heavy atom. The van der Waals surface area contributed by atoms with Crippen molar-refractivity contribution in [2.24, 2.45) is 0 Å². The highest BCUT2D eigenvalue weighted by Gasteiger charge is 2.26. The summed E-state index contributed by atoms with van der Waals surface area (Å²) in [5.74, 6) is 1.12. The number of carbonyl (C=O) groups is 1. The van der Waals surface area contributed by atoms with Crippen LogP contribution in [-0.4, -0.2) is 24.3 Å². The van der Waals surface area contributed by atoms with Gasteiger partial charge in [0.1, 0.15) is 17.1 Å². The van der Waals surface area contributed by atoms with Crippen LogP contribution in [0.2, 0.25) is 0 Å². The van der Waals surface area contributed by atoms with E-state index in [4.69, 9.17) is 9.15 Å². The third-order valence-corrected chi connectivity index (χ3v) is 3.39. The van der Waals surface area contributed by atoms with Crippen LogP contribution in [0.4, 0.5) is 10.5 Å². The summed E-state index contributed by atoms with van der Waals surface area (Å²) >= 11 is 0. The van der Waals surface area contributed by atoms with E-state index in [0.29, 0.717) is 18.1 Å². The SMILES string of the molecule is CCOc1cc(NC(=O)NC[C@](C)(O)c2ccco2)ccc1C. The molecule has 1 aromatic carbocycles. The van der Waals surface area contributed by atoms with Gasteiger partial charge in [-0.25, -0.2) is 4.79 Å². The van der Waals surface area contributed by atoms with Crippen LogP contribution in [0.1, 0.15) is 25.2 Å². The average Bonchev–Trinajstić information content (AvgIpc) is 3.04. The molecular formula is C17H22N2O4. The van der Waals surface area contributed by atoms with Gasteiger partial charge in [-0.2, -0.15) is 0 Å². The van der Waals surface area contributed by atoms with Crippen LogP contribution in [-0.2, 0) is 5.60 Å². The van der Waals surface area contributed by atoms with E-state index in [9.17, 15) is 9.90 Å². The number of hydrogen-bond acceptors (Lipinski definition) is 4. The highest BCUT2D eigenvalue weighted by atomic mass is 16.5. The smallest absolute Gasteiger partial charge is 0.319 e. The van der Waals surface area contributed by atoms with Crippen molar-refractivity contribution in [1.29, 1.82) is 0 Å². The molecule has 0 spiro atoms. The predicted molar refractivity (Wildman–Crippen MR) is 87.6 cm³/mol. The molecule has 0 aliphatic heterocycles. The maximum atomic E-state index is 12.0. The highest BCUT2D eigenvalue weighted by molar-refractivity contribution is 5.89. The summed E-state index contributed by atoms with van der Waals surface area (Å²) in [5.41, 5.74) is 0.345. The van der Waals surface area contributed by atoms with E-state index in [1.807, 2.05) is 19.9 Å². The van der Waals surface area contributed by atoms with Crippen LogP contribution >= 0.6 is 0 Å². The molecule has 0 saturated carbocycles. The number of amides is 2. The van der Waals surface area contributed by atoms with Crippen molar-refractivity contribution in [3.05, 3.63) is 47.9 Å². The summed E-state index contributed by atoms with van der Waals surface area (Å²) in [5, 5.41) is 15.6. The second kappa shape index (κ2) is 7.19. The third-order valence-electron chi connectivity index (χ3n) is 3.39. The van der Waals surface area contributed by atoms with Crippen LogP contribution in [0.3, 0.4) is 0 Å². The zero-order chi connectivity index (χ0) is 16.9. The molecule has 1 heterocycles. The molecular weight excluding hydrogens is 296 g/mol. The minimum atomic E-state index is -1.27. The van der Waals surface area contributed by atoms with Crippen molar-refractivity contribution in [1.82, 2.24) is 5.32 Å². The van der Waals surface area contributed by atoms with Gasteiger partial charge in [-0.05, 0) is 44.5 Å². The molecule has 0 bridgehead atoms. The Morgan fingerprint density at radius 2 is 2.17 bits per heavy atom. The fraction of sp³-hybridized carbons (Fsp3) is 0.353. The fourth-order valence-corrected chi connectivity index (χ4v) is 2.09. The molecule has 0 saturated heterocycles. The van der Waals surface area contributed by atoms with Gasteiger partial charge in [-0.1, -0.05) is 6.07 Å². The van der Waals surface area contributed by atoms with Gasteiger partial charge in [-0.3, -0.25) is 0 Å². The van der Waals surface area contributed by atoms with Crippen LogP contribution in [0.5, 0.6) is 5.75 Å². The molecule has 0 aliphatic carbocycles. The first-order valence-corrected chi connectivity index (χ1v) is 7.47. The summed E-state index contributed by atoms with van der Waals surface area (Å²) in [6.07, 6.45) is 1.48. The lowest BCUT2D eigenvalue weighted by Crippen LogP contribution is -2.40. The van der Waals surface area contributed by atoms with E-state index in [2.05, 4.69) is 10.6 Å². The average molecular weight is 318 g/mol. The van der Waals surface area contributed by atoms with Gasteiger partial charge in [0.2, 0.25) is 0 Å². The van der Waals surface area contributed by atoms with Crippen molar-refractivity contribution >= 4 is 11.7 Å². The zero-order valence-corrected chi connectivity index (χ0v) is 13.6. The van der Waals surface area contributed by atoms with Gasteiger partial charge in [0.05, 0.1) is 19.4 Å². The monoisotopic (exact) mass is 318 g/mol. The van der Waals surface area contributed by atoms with Gasteiger partial charge in [0.25, 0.3) is 0 Å². The largest absolute Gasteiger partial charge is 0.494 e. The number of furan rings is 1. The molecule has 0 aliphatic rings. The van der Waals surface area contributed by atoms with Gasteiger partial charge in [-0.15, -0.1) is 0 Å². The Labute approximate surface area is 135 Å². The molecule has 6 nitrogen and oxygen atoms in total. The molecule has 2 rings (SSSR count). The number of urea groups is 1. The minimum absolute atomic E-state index is 0.0243.